The summed E-state index contributed by atoms with van der Waals surface area (Å²) in [5.41, 5.74) is 3.01. The van der Waals surface area contributed by atoms with E-state index >= 15 is 0 Å². The van der Waals surface area contributed by atoms with E-state index in [-0.39, 0.29) is 17.1 Å². The predicted molar refractivity (Wildman–Crippen MR) is 122 cm³/mol. The van der Waals surface area contributed by atoms with Crippen molar-refractivity contribution >= 4 is 47.5 Å². The lowest BCUT2D eigenvalue weighted by atomic mass is 9.93. The predicted octanol–water partition coefficient (Wildman–Crippen LogP) is 2.94. The van der Waals surface area contributed by atoms with Gasteiger partial charge in [0.05, 0.1) is 16.6 Å². The number of hydrogen-bond acceptors (Lipinski definition) is 6. The lowest BCUT2D eigenvalue weighted by Crippen LogP contribution is -2.28. The molecule has 2 radical (unpaired) electrons. The van der Waals surface area contributed by atoms with Crippen LogP contribution in [0.15, 0.2) is 66.0 Å². The number of hydrogen-bond donors (Lipinski definition) is 0. The second kappa shape index (κ2) is 7.20. The molecule has 0 saturated heterocycles. The number of benzene rings is 2. The third kappa shape index (κ3) is 2.88. The van der Waals surface area contributed by atoms with Crippen LogP contribution in [0.25, 0.3) is 11.0 Å². The van der Waals surface area contributed by atoms with E-state index < -0.39 is 0 Å². The van der Waals surface area contributed by atoms with Crippen LogP contribution in [0.5, 0.6) is 0 Å². The fourth-order valence-electron chi connectivity index (χ4n) is 4.16. The Labute approximate surface area is 181 Å². The number of Topliss-reactive ketones (excluding diaryl/α,β-unsaturated/α-hetero) is 2. The van der Waals surface area contributed by atoms with Gasteiger partial charge in [0.15, 0.2) is 23.2 Å². The summed E-state index contributed by atoms with van der Waals surface area (Å²) in [6, 6.07) is 12.6. The molecule has 1 aliphatic carbocycles. The first-order valence-electron chi connectivity index (χ1n) is 10.3. The molecule has 2 aliphatic rings. The van der Waals surface area contributed by atoms with Crippen molar-refractivity contribution < 1.29 is 9.59 Å². The SMILES string of the molecule is [B]c1ccc2c(c1)C(=O)/C(=C/C=C1N(CC)c3nc4ccccc4nc3N1CC)C2=O. The molecule has 1 aromatic heterocycles. The smallest absolute Gasteiger partial charge is 0.197 e. The fourth-order valence-corrected chi connectivity index (χ4v) is 4.16. The molecule has 150 valence electrons. The monoisotopic (exact) mass is 406 g/mol. The van der Waals surface area contributed by atoms with Crippen LogP contribution in [0, 0.1) is 0 Å². The summed E-state index contributed by atoms with van der Waals surface area (Å²) >= 11 is 0. The van der Waals surface area contributed by atoms with Gasteiger partial charge in [-0.25, -0.2) is 9.97 Å². The van der Waals surface area contributed by atoms with Gasteiger partial charge in [-0.3, -0.25) is 9.59 Å². The molecule has 0 fully saturated rings. The third-order valence-corrected chi connectivity index (χ3v) is 5.65. The number of carbonyl (C=O) groups is 2. The van der Waals surface area contributed by atoms with Crippen LogP contribution in [0.3, 0.4) is 0 Å². The highest BCUT2D eigenvalue weighted by molar-refractivity contribution is 6.41. The molecule has 0 N–H and O–H groups in total. The van der Waals surface area contributed by atoms with E-state index in [1.165, 1.54) is 0 Å². The number of anilines is 2. The maximum Gasteiger partial charge on any atom is 0.197 e. The Morgan fingerprint density at radius 2 is 1.42 bits per heavy atom. The van der Waals surface area contributed by atoms with Crippen molar-refractivity contribution in [2.45, 2.75) is 13.8 Å². The van der Waals surface area contributed by atoms with Crippen LogP contribution in [0.4, 0.5) is 11.6 Å². The summed E-state index contributed by atoms with van der Waals surface area (Å²) in [6.45, 7) is 5.41. The Morgan fingerprint density at radius 3 is 2.00 bits per heavy atom. The van der Waals surface area contributed by atoms with Crippen molar-refractivity contribution in [2.24, 2.45) is 0 Å². The van der Waals surface area contributed by atoms with Gasteiger partial charge in [0, 0.05) is 24.2 Å². The molecule has 0 unspecified atom stereocenters. The first-order valence-corrected chi connectivity index (χ1v) is 10.3. The van der Waals surface area contributed by atoms with E-state index in [1.54, 1.807) is 30.4 Å². The zero-order valence-corrected chi connectivity index (χ0v) is 17.3. The molecule has 2 aromatic carbocycles. The molecule has 6 nitrogen and oxygen atoms in total. The minimum absolute atomic E-state index is 0.141. The largest absolute Gasteiger partial charge is 0.310 e. The van der Waals surface area contributed by atoms with E-state index in [1.807, 2.05) is 47.9 Å². The van der Waals surface area contributed by atoms with E-state index in [0.717, 1.165) is 28.5 Å². The summed E-state index contributed by atoms with van der Waals surface area (Å²) < 4.78 is 0. The standard InChI is InChI=1S/C24H19BN4O2/c1-3-28-20(12-11-16-21(30)15-10-9-14(25)13-17(15)22(16)31)29(4-2)24-23(28)26-18-7-5-6-8-19(18)27-24/h5-13H,3-4H2,1-2H3/b16-11+. The maximum atomic E-state index is 12.8. The van der Waals surface area contributed by atoms with Crippen molar-refractivity contribution in [3.05, 3.63) is 77.1 Å². The van der Waals surface area contributed by atoms with Gasteiger partial charge in [0.2, 0.25) is 0 Å². The average molecular weight is 406 g/mol. The summed E-state index contributed by atoms with van der Waals surface area (Å²) in [6.07, 6.45) is 3.41. The second-order valence-electron chi connectivity index (χ2n) is 7.42. The molecule has 5 rings (SSSR count). The molecule has 2 heterocycles. The Hall–Kier alpha value is -3.74. The van der Waals surface area contributed by atoms with Gasteiger partial charge in [0.25, 0.3) is 0 Å². The Bertz CT molecular complexity index is 1280. The topological polar surface area (TPSA) is 66.4 Å². The van der Waals surface area contributed by atoms with Gasteiger partial charge in [-0.1, -0.05) is 35.8 Å². The highest BCUT2D eigenvalue weighted by Crippen LogP contribution is 2.39. The van der Waals surface area contributed by atoms with Crippen LogP contribution >= 0.6 is 0 Å². The van der Waals surface area contributed by atoms with Crippen LogP contribution in [0.2, 0.25) is 0 Å². The molecule has 7 heteroatoms. The number of rotatable bonds is 3. The van der Waals surface area contributed by atoms with Crippen molar-refractivity contribution in [3.8, 4) is 0 Å². The summed E-state index contributed by atoms with van der Waals surface area (Å²) in [5.74, 6) is 1.80. The van der Waals surface area contributed by atoms with Crippen LogP contribution in [0.1, 0.15) is 34.6 Å². The number of nitrogens with zero attached hydrogens (tertiary/aromatic N) is 4. The van der Waals surface area contributed by atoms with Gasteiger partial charge in [0.1, 0.15) is 13.7 Å². The first kappa shape index (κ1) is 19.2. The molecule has 3 aromatic rings. The third-order valence-electron chi connectivity index (χ3n) is 5.65. The molecule has 0 atom stereocenters. The Kier molecular flexibility index (Phi) is 4.47. The van der Waals surface area contributed by atoms with Gasteiger partial charge in [-0.2, -0.15) is 0 Å². The lowest BCUT2D eigenvalue weighted by molar-refractivity contribution is 0.0989. The van der Waals surface area contributed by atoms with Crippen LogP contribution < -0.4 is 15.3 Å². The van der Waals surface area contributed by atoms with Crippen molar-refractivity contribution in [2.75, 3.05) is 22.9 Å². The van der Waals surface area contributed by atoms with Gasteiger partial charge >= 0.3 is 0 Å². The normalized spacial score (nSPS) is 16.5. The Morgan fingerprint density at radius 1 is 0.839 bits per heavy atom. The van der Waals surface area contributed by atoms with Gasteiger partial charge in [-0.05, 0) is 38.1 Å². The molecule has 0 bridgehead atoms. The van der Waals surface area contributed by atoms with Crippen molar-refractivity contribution in [1.29, 1.82) is 0 Å². The first-order chi connectivity index (χ1) is 15.0. The Balaban J connectivity index is 1.60. The van der Waals surface area contributed by atoms with Gasteiger partial charge < -0.3 is 9.80 Å². The molecule has 0 spiro atoms. The molecule has 1 aliphatic heterocycles. The van der Waals surface area contributed by atoms with E-state index in [4.69, 9.17) is 17.8 Å². The zero-order valence-electron chi connectivity index (χ0n) is 17.3. The summed E-state index contributed by atoms with van der Waals surface area (Å²) in [5, 5.41) is 0. The van der Waals surface area contributed by atoms with E-state index in [0.29, 0.717) is 29.7 Å². The number of allylic oxidation sites excluding steroid dienone is 3. The van der Waals surface area contributed by atoms with Crippen LogP contribution in [-0.2, 0) is 0 Å². The highest BCUT2D eigenvalue weighted by Gasteiger charge is 2.35. The van der Waals surface area contributed by atoms with Crippen molar-refractivity contribution in [3.63, 3.8) is 0 Å². The summed E-state index contributed by atoms with van der Waals surface area (Å²) in [4.78, 5) is 39.3. The number of fused-ring (bicyclic) bond motifs is 3. The minimum atomic E-state index is -0.298. The maximum absolute atomic E-state index is 12.8. The number of ketones is 2. The second-order valence-corrected chi connectivity index (χ2v) is 7.42. The number of para-hydroxylation sites is 2. The van der Waals surface area contributed by atoms with E-state index in [9.17, 15) is 9.59 Å². The van der Waals surface area contributed by atoms with E-state index in [2.05, 4.69) is 0 Å². The molecular formula is C24H19BN4O2. The molecule has 0 amide bonds. The molecule has 31 heavy (non-hydrogen) atoms. The minimum Gasteiger partial charge on any atom is -0.310 e. The fraction of sp³-hybridized carbons (Fsp3) is 0.167. The molecule has 0 saturated carbocycles. The highest BCUT2D eigenvalue weighted by atomic mass is 16.2. The van der Waals surface area contributed by atoms with Gasteiger partial charge in [-0.15, -0.1) is 0 Å². The molecular weight excluding hydrogens is 387 g/mol. The van der Waals surface area contributed by atoms with Crippen molar-refractivity contribution in [1.82, 2.24) is 9.97 Å². The summed E-state index contributed by atoms with van der Waals surface area (Å²) in [7, 11) is 5.80. The lowest BCUT2D eigenvalue weighted by Gasteiger charge is -2.21. The quantitative estimate of drug-likeness (QED) is 0.379. The number of aromatic nitrogens is 2. The average Bonchev–Trinajstić information content (AvgIpc) is 3.20. The number of carbonyl (C=O) groups excluding carboxylic acids is 2. The van der Waals surface area contributed by atoms with Crippen LogP contribution in [-0.4, -0.2) is 42.5 Å². The zero-order chi connectivity index (χ0) is 21.7.